The van der Waals surface area contributed by atoms with Gasteiger partial charge in [-0.15, -0.1) is 11.8 Å². The number of benzene rings is 2. The normalized spacial score (nSPS) is 27.8. The molecule has 0 aromatic heterocycles. The molecule has 2 aromatic carbocycles. The first-order valence-corrected chi connectivity index (χ1v) is 9.33. The van der Waals surface area contributed by atoms with E-state index >= 15 is 0 Å². The highest BCUT2D eigenvalue weighted by Gasteiger charge is 2.35. The third-order valence-corrected chi connectivity index (χ3v) is 6.60. The van der Waals surface area contributed by atoms with Crippen molar-refractivity contribution in [3.63, 3.8) is 0 Å². The van der Waals surface area contributed by atoms with Crippen LogP contribution >= 0.6 is 11.8 Å². The van der Waals surface area contributed by atoms with E-state index in [0.717, 1.165) is 11.2 Å². The summed E-state index contributed by atoms with van der Waals surface area (Å²) in [6.07, 6.45) is 8.07. The van der Waals surface area contributed by atoms with Crippen LogP contribution in [-0.2, 0) is 0 Å². The van der Waals surface area contributed by atoms with Gasteiger partial charge in [-0.2, -0.15) is 0 Å². The second kappa shape index (κ2) is 6.34. The maximum atomic E-state index is 2.54. The van der Waals surface area contributed by atoms with E-state index in [2.05, 4.69) is 78.5 Å². The van der Waals surface area contributed by atoms with E-state index in [9.17, 15) is 0 Å². The lowest BCUT2D eigenvalue weighted by Gasteiger charge is -2.39. The van der Waals surface area contributed by atoms with Crippen molar-refractivity contribution in [2.24, 2.45) is 5.92 Å². The Hall–Kier alpha value is -1.47. The first kappa shape index (κ1) is 14.1. The topological polar surface area (TPSA) is 0 Å². The molecule has 3 atom stereocenters. The van der Waals surface area contributed by atoms with Crippen molar-refractivity contribution in [3.05, 3.63) is 77.9 Å². The summed E-state index contributed by atoms with van der Waals surface area (Å²) in [7, 11) is 0. The van der Waals surface area contributed by atoms with Crippen molar-refractivity contribution in [1.82, 2.24) is 0 Å². The van der Waals surface area contributed by atoms with Crippen LogP contribution in [0.15, 0.2) is 66.7 Å². The molecule has 0 radical (unpaired) electrons. The van der Waals surface area contributed by atoms with Crippen LogP contribution in [0, 0.1) is 5.92 Å². The number of allylic oxidation sites excluding steroid dienone is 1. The molecule has 1 aliphatic heterocycles. The fraction of sp³-hybridized carbons (Fsp3) is 0.333. The quantitative estimate of drug-likeness (QED) is 0.644. The highest BCUT2D eigenvalue weighted by Crippen LogP contribution is 2.51. The monoisotopic (exact) mass is 306 g/mol. The van der Waals surface area contributed by atoms with Crippen LogP contribution in [-0.4, -0.2) is 5.25 Å². The molecule has 2 aromatic rings. The first-order chi connectivity index (χ1) is 10.9. The van der Waals surface area contributed by atoms with Crippen LogP contribution in [0.2, 0.25) is 0 Å². The minimum atomic E-state index is 0.510. The number of hydrogen-bond donors (Lipinski definition) is 0. The van der Waals surface area contributed by atoms with Crippen molar-refractivity contribution in [2.75, 3.05) is 0 Å². The Morgan fingerprint density at radius 2 is 1.45 bits per heavy atom. The van der Waals surface area contributed by atoms with E-state index in [4.69, 9.17) is 0 Å². The minimum Gasteiger partial charge on any atom is -0.145 e. The van der Waals surface area contributed by atoms with E-state index < -0.39 is 0 Å². The molecule has 1 fully saturated rings. The lowest BCUT2D eigenvalue weighted by molar-refractivity contribution is 0.438. The van der Waals surface area contributed by atoms with Gasteiger partial charge in [-0.3, -0.25) is 0 Å². The van der Waals surface area contributed by atoms with Gasteiger partial charge in [-0.1, -0.05) is 79.6 Å². The molecule has 1 heteroatoms. The standard InChI is InChI=1S/C21H22S/c1-3-9-16(10-4-1)19-15-21(17-11-5-2-6-12-17)22-20-14-8-7-13-18(19)20/h1-6,9-12,15,18,20-21H,7-8,13-14H2. The fourth-order valence-electron chi connectivity index (χ4n) is 3.89. The zero-order chi connectivity index (χ0) is 14.8. The number of fused-ring (bicyclic) bond motifs is 1. The van der Waals surface area contributed by atoms with Crippen molar-refractivity contribution in [1.29, 1.82) is 0 Å². The average molecular weight is 306 g/mol. The molecule has 1 saturated carbocycles. The summed E-state index contributed by atoms with van der Waals surface area (Å²) in [6.45, 7) is 0. The molecule has 0 bridgehead atoms. The Morgan fingerprint density at radius 1 is 0.773 bits per heavy atom. The molecule has 4 rings (SSSR count). The maximum absolute atomic E-state index is 2.54. The number of rotatable bonds is 2. The second-order valence-corrected chi connectivity index (χ2v) is 7.77. The molecule has 2 aliphatic rings. The van der Waals surface area contributed by atoms with E-state index in [-0.39, 0.29) is 0 Å². The largest absolute Gasteiger partial charge is 0.145 e. The summed E-state index contributed by atoms with van der Waals surface area (Å²) in [6, 6.07) is 22.0. The Labute approximate surface area is 137 Å². The fourth-order valence-corrected chi connectivity index (χ4v) is 5.58. The Bertz CT molecular complexity index is 644. The lowest BCUT2D eigenvalue weighted by atomic mass is 9.79. The van der Waals surface area contributed by atoms with Gasteiger partial charge < -0.3 is 0 Å². The number of hydrogen-bond acceptors (Lipinski definition) is 1. The maximum Gasteiger partial charge on any atom is 0.0486 e. The first-order valence-electron chi connectivity index (χ1n) is 8.39. The van der Waals surface area contributed by atoms with Gasteiger partial charge in [0, 0.05) is 10.5 Å². The number of thioether (sulfide) groups is 1. The Kier molecular flexibility index (Phi) is 4.07. The molecule has 0 saturated heterocycles. The van der Waals surface area contributed by atoms with Crippen molar-refractivity contribution in [2.45, 2.75) is 36.2 Å². The van der Waals surface area contributed by atoms with Crippen molar-refractivity contribution >= 4 is 17.3 Å². The molecule has 0 nitrogen and oxygen atoms in total. The van der Waals surface area contributed by atoms with E-state index in [1.165, 1.54) is 36.8 Å². The van der Waals surface area contributed by atoms with Gasteiger partial charge in [0.15, 0.2) is 0 Å². The predicted molar refractivity (Wildman–Crippen MR) is 96.9 cm³/mol. The molecule has 1 heterocycles. The zero-order valence-corrected chi connectivity index (χ0v) is 13.6. The highest BCUT2D eigenvalue weighted by molar-refractivity contribution is 8.00. The predicted octanol–water partition coefficient (Wildman–Crippen LogP) is 6.12. The summed E-state index contributed by atoms with van der Waals surface area (Å²) in [5, 5.41) is 1.30. The average Bonchev–Trinajstić information content (AvgIpc) is 2.62. The summed E-state index contributed by atoms with van der Waals surface area (Å²) in [4.78, 5) is 0. The Balaban J connectivity index is 1.75. The van der Waals surface area contributed by atoms with Gasteiger partial charge in [0.25, 0.3) is 0 Å². The molecular formula is C21H22S. The third-order valence-electron chi connectivity index (χ3n) is 4.99. The van der Waals surface area contributed by atoms with Gasteiger partial charge >= 0.3 is 0 Å². The van der Waals surface area contributed by atoms with Crippen LogP contribution in [0.25, 0.3) is 5.57 Å². The zero-order valence-electron chi connectivity index (χ0n) is 12.8. The smallest absolute Gasteiger partial charge is 0.0486 e. The summed E-state index contributed by atoms with van der Waals surface area (Å²) < 4.78 is 0. The van der Waals surface area contributed by atoms with Gasteiger partial charge in [0.1, 0.15) is 0 Å². The molecule has 112 valence electrons. The van der Waals surface area contributed by atoms with E-state index in [1.54, 1.807) is 5.57 Å². The lowest BCUT2D eigenvalue weighted by Crippen LogP contribution is -2.27. The van der Waals surface area contributed by atoms with Crippen LogP contribution in [0.1, 0.15) is 42.1 Å². The van der Waals surface area contributed by atoms with Gasteiger partial charge in [0.05, 0.1) is 0 Å². The minimum absolute atomic E-state index is 0.510. The molecule has 0 N–H and O–H groups in total. The summed E-state index contributed by atoms with van der Waals surface area (Å²) in [5.41, 5.74) is 4.48. The molecular weight excluding hydrogens is 284 g/mol. The molecule has 0 spiro atoms. The van der Waals surface area contributed by atoms with Crippen molar-refractivity contribution < 1.29 is 0 Å². The molecule has 0 amide bonds. The summed E-state index contributed by atoms with van der Waals surface area (Å²) >= 11 is 2.19. The van der Waals surface area contributed by atoms with Crippen molar-refractivity contribution in [3.8, 4) is 0 Å². The molecule has 1 aliphatic carbocycles. The van der Waals surface area contributed by atoms with Crippen LogP contribution in [0.3, 0.4) is 0 Å². The second-order valence-electron chi connectivity index (χ2n) is 6.38. The summed E-state index contributed by atoms with van der Waals surface area (Å²) in [5.74, 6) is 0.751. The van der Waals surface area contributed by atoms with Crippen LogP contribution in [0.4, 0.5) is 0 Å². The van der Waals surface area contributed by atoms with E-state index in [0.29, 0.717) is 5.25 Å². The van der Waals surface area contributed by atoms with Gasteiger partial charge in [-0.25, -0.2) is 0 Å². The van der Waals surface area contributed by atoms with Gasteiger partial charge in [0.2, 0.25) is 0 Å². The van der Waals surface area contributed by atoms with E-state index in [1.807, 2.05) is 0 Å². The van der Waals surface area contributed by atoms with Gasteiger partial charge in [-0.05, 0) is 35.5 Å². The molecule has 22 heavy (non-hydrogen) atoms. The SMILES string of the molecule is C1=C(c2ccccc2)C2CCCCC2SC1c1ccccc1. The third kappa shape index (κ3) is 2.75. The highest BCUT2D eigenvalue weighted by atomic mass is 32.2. The van der Waals surface area contributed by atoms with Crippen LogP contribution in [0.5, 0.6) is 0 Å². The van der Waals surface area contributed by atoms with Crippen LogP contribution < -0.4 is 0 Å². The molecule has 3 unspecified atom stereocenters. The Morgan fingerprint density at radius 3 is 2.23 bits per heavy atom.